The SMILES string of the molecule is COc1ccc(C(=O)NC(=S)Nc2ccc(N3CCN(C)CC3)c(Cl)c2)cc1. The Bertz CT molecular complexity index is 852. The zero-order valence-corrected chi connectivity index (χ0v) is 17.4. The molecule has 1 amide bonds. The molecule has 2 aromatic carbocycles. The number of rotatable bonds is 4. The van der Waals surface area contributed by atoms with Crippen LogP contribution in [0.15, 0.2) is 42.5 Å². The van der Waals surface area contributed by atoms with E-state index in [9.17, 15) is 4.79 Å². The van der Waals surface area contributed by atoms with Gasteiger partial charge >= 0.3 is 0 Å². The first kappa shape index (κ1) is 20.4. The van der Waals surface area contributed by atoms with Crippen molar-refractivity contribution in [3.8, 4) is 5.75 Å². The minimum Gasteiger partial charge on any atom is -0.497 e. The highest BCUT2D eigenvalue weighted by atomic mass is 35.5. The lowest BCUT2D eigenvalue weighted by molar-refractivity contribution is 0.0977. The lowest BCUT2D eigenvalue weighted by atomic mass is 10.2. The summed E-state index contributed by atoms with van der Waals surface area (Å²) in [6.45, 7) is 3.91. The van der Waals surface area contributed by atoms with Crippen molar-refractivity contribution in [1.29, 1.82) is 0 Å². The maximum absolute atomic E-state index is 12.3. The number of amides is 1. The van der Waals surface area contributed by atoms with Crippen LogP contribution in [-0.2, 0) is 0 Å². The van der Waals surface area contributed by atoms with Crippen LogP contribution in [0.2, 0.25) is 5.02 Å². The van der Waals surface area contributed by atoms with Gasteiger partial charge in [0.25, 0.3) is 5.91 Å². The molecule has 2 N–H and O–H groups in total. The molecule has 0 bridgehead atoms. The van der Waals surface area contributed by atoms with Crippen LogP contribution in [0.5, 0.6) is 5.75 Å². The number of thiocarbonyl (C=S) groups is 1. The van der Waals surface area contributed by atoms with Crippen LogP contribution in [0.3, 0.4) is 0 Å². The smallest absolute Gasteiger partial charge is 0.257 e. The van der Waals surface area contributed by atoms with E-state index in [-0.39, 0.29) is 11.0 Å². The molecule has 3 rings (SSSR count). The van der Waals surface area contributed by atoms with Gasteiger partial charge in [0.2, 0.25) is 0 Å². The molecule has 0 unspecified atom stereocenters. The summed E-state index contributed by atoms with van der Waals surface area (Å²) in [6.07, 6.45) is 0. The zero-order valence-electron chi connectivity index (χ0n) is 15.9. The second kappa shape index (κ2) is 9.23. The van der Waals surface area contributed by atoms with Crippen molar-refractivity contribution in [3.63, 3.8) is 0 Å². The number of hydrogen-bond donors (Lipinski definition) is 2. The summed E-state index contributed by atoms with van der Waals surface area (Å²) in [4.78, 5) is 16.9. The van der Waals surface area contributed by atoms with E-state index in [1.54, 1.807) is 31.4 Å². The number of hydrogen-bond acceptors (Lipinski definition) is 5. The highest BCUT2D eigenvalue weighted by Crippen LogP contribution is 2.29. The van der Waals surface area contributed by atoms with Gasteiger partial charge in [0.1, 0.15) is 5.75 Å². The Morgan fingerprint density at radius 1 is 1.11 bits per heavy atom. The maximum Gasteiger partial charge on any atom is 0.257 e. The van der Waals surface area contributed by atoms with Crippen molar-refractivity contribution < 1.29 is 9.53 Å². The third-order valence-electron chi connectivity index (χ3n) is 4.63. The van der Waals surface area contributed by atoms with E-state index in [0.717, 1.165) is 37.6 Å². The molecule has 1 aliphatic heterocycles. The standard InChI is InChI=1S/C20H23ClN4O2S/c1-24-9-11-25(12-10-24)18-8-5-15(13-17(18)21)22-20(28)23-19(26)14-3-6-16(27-2)7-4-14/h3-8,13H,9-12H2,1-2H3,(H2,22,23,26,28). The number of piperazine rings is 1. The lowest BCUT2D eigenvalue weighted by Gasteiger charge is -2.34. The van der Waals surface area contributed by atoms with Crippen LogP contribution in [0.1, 0.15) is 10.4 Å². The van der Waals surface area contributed by atoms with Crippen LogP contribution in [0, 0.1) is 0 Å². The minimum absolute atomic E-state index is 0.212. The molecule has 6 nitrogen and oxygen atoms in total. The van der Waals surface area contributed by atoms with Crippen molar-refractivity contribution in [2.75, 3.05) is 50.6 Å². The highest BCUT2D eigenvalue weighted by Gasteiger charge is 2.17. The van der Waals surface area contributed by atoms with Gasteiger partial charge in [-0.05, 0) is 61.7 Å². The van der Waals surface area contributed by atoms with Crippen LogP contribution < -0.4 is 20.3 Å². The summed E-state index contributed by atoms with van der Waals surface area (Å²) < 4.78 is 5.09. The summed E-state index contributed by atoms with van der Waals surface area (Å²) in [5.74, 6) is 0.396. The third kappa shape index (κ3) is 5.13. The first-order chi connectivity index (χ1) is 13.5. The molecule has 8 heteroatoms. The number of methoxy groups -OCH3 is 1. The summed E-state index contributed by atoms with van der Waals surface area (Å²) in [5.41, 5.74) is 2.23. The summed E-state index contributed by atoms with van der Waals surface area (Å²) in [6, 6.07) is 12.5. The number of nitrogens with zero attached hydrogens (tertiary/aromatic N) is 2. The number of nitrogens with one attached hydrogen (secondary N) is 2. The number of likely N-dealkylation sites (N-methyl/N-ethyl adjacent to an activating group) is 1. The third-order valence-corrected chi connectivity index (χ3v) is 5.14. The molecular formula is C20H23ClN4O2S. The van der Waals surface area contributed by atoms with E-state index in [2.05, 4.69) is 27.5 Å². The molecule has 1 saturated heterocycles. The average molecular weight is 419 g/mol. The molecule has 0 spiro atoms. The second-order valence-electron chi connectivity index (χ2n) is 6.59. The van der Waals surface area contributed by atoms with Gasteiger partial charge in [-0.15, -0.1) is 0 Å². The van der Waals surface area contributed by atoms with Gasteiger partial charge in [-0.1, -0.05) is 11.6 Å². The van der Waals surface area contributed by atoms with Crippen molar-refractivity contribution >= 4 is 46.2 Å². The Labute approximate surface area is 175 Å². The molecule has 1 fully saturated rings. The van der Waals surface area contributed by atoms with Crippen LogP contribution >= 0.6 is 23.8 Å². The molecule has 1 aliphatic rings. The summed E-state index contributed by atoms with van der Waals surface area (Å²) >= 11 is 11.7. The van der Waals surface area contributed by atoms with Gasteiger partial charge in [-0.3, -0.25) is 10.1 Å². The molecule has 0 aliphatic carbocycles. The fourth-order valence-electron chi connectivity index (χ4n) is 2.97. The topological polar surface area (TPSA) is 56.8 Å². The number of carbonyl (C=O) groups excluding carboxylic acids is 1. The van der Waals surface area contributed by atoms with Crippen molar-refractivity contribution in [1.82, 2.24) is 10.2 Å². The van der Waals surface area contributed by atoms with Gasteiger partial charge in [0, 0.05) is 37.4 Å². The fraction of sp³-hybridized carbons (Fsp3) is 0.300. The fourth-order valence-corrected chi connectivity index (χ4v) is 3.48. The van der Waals surface area contributed by atoms with E-state index in [1.807, 2.05) is 18.2 Å². The second-order valence-corrected chi connectivity index (χ2v) is 7.41. The molecule has 148 valence electrons. The van der Waals surface area contributed by atoms with E-state index < -0.39 is 0 Å². The lowest BCUT2D eigenvalue weighted by Crippen LogP contribution is -2.44. The van der Waals surface area contributed by atoms with Crippen LogP contribution in [0.4, 0.5) is 11.4 Å². The molecule has 28 heavy (non-hydrogen) atoms. The van der Waals surface area contributed by atoms with Gasteiger partial charge in [0.05, 0.1) is 17.8 Å². The largest absolute Gasteiger partial charge is 0.497 e. The summed E-state index contributed by atoms with van der Waals surface area (Å²) in [5, 5.41) is 6.54. The number of anilines is 2. The summed E-state index contributed by atoms with van der Waals surface area (Å²) in [7, 11) is 3.70. The van der Waals surface area contributed by atoms with E-state index >= 15 is 0 Å². The molecule has 1 heterocycles. The number of ether oxygens (including phenoxy) is 1. The predicted octanol–water partition coefficient (Wildman–Crippen LogP) is 3.23. The molecular weight excluding hydrogens is 396 g/mol. The van der Waals surface area contributed by atoms with Gasteiger partial charge in [-0.2, -0.15) is 0 Å². The molecule has 2 aromatic rings. The molecule has 0 saturated carbocycles. The van der Waals surface area contributed by atoms with Gasteiger partial charge in [0.15, 0.2) is 5.11 Å². The van der Waals surface area contributed by atoms with Crippen LogP contribution in [-0.4, -0.2) is 56.3 Å². The van der Waals surface area contributed by atoms with Crippen molar-refractivity contribution in [3.05, 3.63) is 53.1 Å². The van der Waals surface area contributed by atoms with Crippen LogP contribution in [0.25, 0.3) is 0 Å². The van der Waals surface area contributed by atoms with Gasteiger partial charge in [-0.25, -0.2) is 0 Å². The number of carbonyl (C=O) groups is 1. The molecule has 0 radical (unpaired) electrons. The Morgan fingerprint density at radius 2 is 1.79 bits per heavy atom. The highest BCUT2D eigenvalue weighted by molar-refractivity contribution is 7.80. The Hall–Kier alpha value is -2.35. The quantitative estimate of drug-likeness (QED) is 0.743. The molecule has 0 atom stereocenters. The van der Waals surface area contributed by atoms with Gasteiger partial charge < -0.3 is 19.9 Å². The Balaban J connectivity index is 1.59. The monoisotopic (exact) mass is 418 g/mol. The average Bonchev–Trinajstić information content (AvgIpc) is 2.69. The first-order valence-electron chi connectivity index (χ1n) is 8.95. The first-order valence-corrected chi connectivity index (χ1v) is 9.74. The maximum atomic E-state index is 12.3. The molecule has 0 aromatic heterocycles. The Morgan fingerprint density at radius 3 is 2.39 bits per heavy atom. The number of halogens is 1. The van der Waals surface area contributed by atoms with E-state index in [0.29, 0.717) is 16.3 Å². The normalized spacial score (nSPS) is 14.5. The minimum atomic E-state index is -0.291. The van der Waals surface area contributed by atoms with Crippen molar-refractivity contribution in [2.24, 2.45) is 0 Å². The zero-order chi connectivity index (χ0) is 20.1. The predicted molar refractivity (Wildman–Crippen MR) is 118 cm³/mol. The van der Waals surface area contributed by atoms with E-state index in [1.165, 1.54) is 0 Å². The Kier molecular flexibility index (Phi) is 6.72. The van der Waals surface area contributed by atoms with Crippen molar-refractivity contribution in [2.45, 2.75) is 0 Å². The van der Waals surface area contributed by atoms with E-state index in [4.69, 9.17) is 28.6 Å². The number of benzene rings is 2.